The number of thiophene rings is 4. The second kappa shape index (κ2) is 20.4. The predicted octanol–water partition coefficient (Wildman–Crippen LogP) is 9.14. The van der Waals surface area contributed by atoms with Gasteiger partial charge in [0.2, 0.25) is 0 Å². The summed E-state index contributed by atoms with van der Waals surface area (Å²) in [6.07, 6.45) is 10.8. The number of benzene rings is 3. The van der Waals surface area contributed by atoms with E-state index < -0.39 is 0 Å². The Morgan fingerprint density at radius 3 is 1.13 bits per heavy atom. The van der Waals surface area contributed by atoms with Crippen LogP contribution in [0, 0.1) is 0 Å². The smallest absolute Gasteiger partial charge is 1.00 e. The van der Waals surface area contributed by atoms with Gasteiger partial charge in [-0.2, -0.15) is 0 Å². The van der Waals surface area contributed by atoms with Crippen LogP contribution in [0.2, 0.25) is 0 Å². The Balaban J connectivity index is 0.000000153. The molecule has 11 heterocycles. The van der Waals surface area contributed by atoms with Gasteiger partial charge in [0.05, 0.1) is 49.0 Å². The topological polar surface area (TPSA) is 106 Å². The molecule has 1 N–H and O–H groups in total. The van der Waals surface area contributed by atoms with Gasteiger partial charge in [-0.25, -0.2) is 4.98 Å². The third-order valence-corrected chi connectivity index (χ3v) is 15.8. The van der Waals surface area contributed by atoms with Crippen molar-refractivity contribution in [2.24, 2.45) is 0 Å². The molecule has 0 atom stereocenters. The molecule has 68 heavy (non-hydrogen) atoms. The van der Waals surface area contributed by atoms with Gasteiger partial charge in [-0.1, -0.05) is 54.6 Å². The predicted molar refractivity (Wildman–Crippen MR) is 274 cm³/mol. The molecule has 0 radical (unpaired) electrons. The third kappa shape index (κ3) is 8.90. The number of pyridine rings is 6. The first kappa shape index (κ1) is 46.7. The summed E-state index contributed by atoms with van der Waals surface area (Å²) in [4.78, 5) is 44.2. The van der Waals surface area contributed by atoms with Crippen LogP contribution in [0.5, 0.6) is 0 Å². The van der Waals surface area contributed by atoms with E-state index in [1.54, 1.807) is 47.5 Å². The van der Waals surface area contributed by atoms with E-state index in [1.807, 2.05) is 71.5 Å². The molecular weight excluding hydrogens is 1050 g/mol. The van der Waals surface area contributed by atoms with Crippen LogP contribution in [0.3, 0.4) is 0 Å². The average Bonchev–Trinajstić information content (AvgIpc) is 4.24. The summed E-state index contributed by atoms with van der Waals surface area (Å²) in [7, 11) is 0. The first-order valence-electron chi connectivity index (χ1n) is 20.7. The summed E-state index contributed by atoms with van der Waals surface area (Å²) in [6.45, 7) is 0. The maximum Gasteiger partial charge on any atom is 2.00 e. The Kier molecular flexibility index (Phi) is 14.0. The Hall–Kier alpha value is -6.41. The number of rotatable bonds is 4. The van der Waals surface area contributed by atoms with Crippen molar-refractivity contribution >= 4 is 122 Å². The molecule has 330 valence electrons. The van der Waals surface area contributed by atoms with E-state index in [1.165, 1.54) is 29.3 Å². The molecule has 0 saturated heterocycles. The van der Waals surface area contributed by atoms with E-state index >= 15 is 0 Å². The number of fused-ring (bicyclic) bond motifs is 12. The first-order chi connectivity index (χ1) is 32.2. The second-order valence-electron chi connectivity index (χ2n) is 15.0. The normalized spacial score (nSPS) is 10.9. The van der Waals surface area contributed by atoms with Crippen LogP contribution in [0.15, 0.2) is 188 Å². The monoisotopic (exact) mass is 1080 g/mol. The number of imidazole rings is 1. The van der Waals surface area contributed by atoms with Crippen molar-refractivity contribution in [2.45, 2.75) is 0 Å². The maximum absolute atomic E-state index is 5.04. The molecule has 0 aliphatic heterocycles. The quantitative estimate of drug-likeness (QED) is 0.139. The molecule has 3 aromatic carbocycles. The number of hydrogen-bond donors (Lipinski definition) is 1. The van der Waals surface area contributed by atoms with Gasteiger partial charge in [0.1, 0.15) is 5.82 Å². The molecule has 14 aromatic rings. The van der Waals surface area contributed by atoms with Gasteiger partial charge in [-0.3, -0.25) is 29.9 Å². The number of nitrogens with one attached hydrogen (secondary N) is 1. The fourth-order valence-corrected chi connectivity index (χ4v) is 12.0. The zero-order chi connectivity index (χ0) is 43.1. The number of H-pyrrole nitrogens is 1. The standard InChI is InChI=1S/C29H16N4S4.2C12H8N2.2ClH.Ru/c1-4-16-25(30-13-1)26-17(5-2-14-31-26)28-27(16)32-29(33-28)24-12-11-23(37-24)22-10-9-21(36-22)20-8-7-19(35-20)18-6-3-15-34-18;2*1-3-9-5-6-10-4-2-8-14-12(10)11(9)13-7-1;;;/h1-15H,(H,32,33);2*1-8H;2*1H;/q;;;;;+2/p-2. The summed E-state index contributed by atoms with van der Waals surface area (Å²) in [5, 5.41) is 8.74. The molecule has 0 fully saturated rings. The molecule has 0 saturated carbocycles. The molecule has 15 heteroatoms. The number of nitrogens with zero attached hydrogens (tertiary/aromatic N) is 7. The van der Waals surface area contributed by atoms with Gasteiger partial charge in [-0.05, 0) is 96.4 Å². The van der Waals surface area contributed by atoms with Crippen molar-refractivity contribution in [3.8, 4) is 40.0 Å². The first-order valence-corrected chi connectivity index (χ1v) is 24.1. The summed E-state index contributed by atoms with van der Waals surface area (Å²) >= 11 is 7.26. The van der Waals surface area contributed by atoms with Crippen LogP contribution in [-0.4, -0.2) is 39.9 Å². The Morgan fingerprint density at radius 1 is 0.324 bits per heavy atom. The van der Waals surface area contributed by atoms with Gasteiger partial charge < -0.3 is 29.8 Å². The molecule has 14 rings (SSSR count). The number of aromatic amines is 1. The van der Waals surface area contributed by atoms with Crippen LogP contribution in [0.1, 0.15) is 0 Å². The molecule has 11 aromatic heterocycles. The van der Waals surface area contributed by atoms with E-state index in [0.29, 0.717) is 0 Å². The third-order valence-electron chi connectivity index (χ3n) is 11.1. The van der Waals surface area contributed by atoms with E-state index in [0.717, 1.165) is 87.2 Å². The van der Waals surface area contributed by atoms with Crippen LogP contribution < -0.4 is 24.8 Å². The fourth-order valence-electron chi connectivity index (χ4n) is 8.04. The molecule has 0 amide bonds. The van der Waals surface area contributed by atoms with Gasteiger partial charge >= 0.3 is 19.5 Å². The van der Waals surface area contributed by atoms with E-state index in [-0.39, 0.29) is 44.3 Å². The van der Waals surface area contributed by atoms with Crippen LogP contribution >= 0.6 is 45.3 Å². The number of hydrogen-bond acceptors (Lipinski definition) is 11. The minimum atomic E-state index is 0. The van der Waals surface area contributed by atoms with Crippen LogP contribution in [0.4, 0.5) is 0 Å². The zero-order valence-electron chi connectivity index (χ0n) is 35.3. The van der Waals surface area contributed by atoms with Crippen molar-refractivity contribution < 1.29 is 44.3 Å². The van der Waals surface area contributed by atoms with E-state index in [4.69, 9.17) is 4.98 Å². The molecule has 0 aliphatic carbocycles. The molecule has 0 spiro atoms. The van der Waals surface area contributed by atoms with Gasteiger partial charge in [0.15, 0.2) is 0 Å². The number of aromatic nitrogens is 8. The van der Waals surface area contributed by atoms with Crippen LogP contribution in [0.25, 0.3) is 116 Å². The van der Waals surface area contributed by atoms with Crippen molar-refractivity contribution in [1.82, 2.24) is 39.9 Å². The Labute approximate surface area is 430 Å². The minimum Gasteiger partial charge on any atom is -1.00 e. The SMILES string of the molecule is [Cl-].[Cl-].[Ru+2].c1cnc2c(c1)ccc1cccnc12.c1cnc2c(c1)ccc1cccnc12.c1csc(-c2ccc(-c3ccc(-c4ccc(-c5nc6c7cccnc7c7ncccc7c6[nH]5)s4)s3)s2)c1. The Bertz CT molecular complexity index is 3730. The summed E-state index contributed by atoms with van der Waals surface area (Å²) in [5.41, 5.74) is 7.64. The molecule has 8 nitrogen and oxygen atoms in total. The summed E-state index contributed by atoms with van der Waals surface area (Å²) in [6, 6.07) is 50.0. The fraction of sp³-hybridized carbons (Fsp3) is 0. The van der Waals surface area contributed by atoms with E-state index in [9.17, 15) is 0 Å². The van der Waals surface area contributed by atoms with Crippen LogP contribution in [-0.2, 0) is 19.5 Å². The summed E-state index contributed by atoms with van der Waals surface area (Å²) in [5.74, 6) is 0.878. The van der Waals surface area contributed by atoms with Gasteiger partial charge in [0, 0.05) is 98.8 Å². The average molecular weight is 1080 g/mol. The van der Waals surface area contributed by atoms with Gasteiger partial charge in [-0.15, -0.1) is 45.3 Å². The minimum absolute atomic E-state index is 0. The molecular formula is C53H32Cl2N8RuS4. The maximum atomic E-state index is 5.04. The molecule has 0 bridgehead atoms. The second-order valence-corrected chi connectivity index (χ2v) is 19.2. The largest absolute Gasteiger partial charge is 2.00 e. The Morgan fingerprint density at radius 2 is 0.691 bits per heavy atom. The molecule has 0 unspecified atom stereocenters. The van der Waals surface area contributed by atoms with Gasteiger partial charge in [0.25, 0.3) is 0 Å². The summed E-state index contributed by atoms with van der Waals surface area (Å²) < 4.78 is 0. The van der Waals surface area contributed by atoms with E-state index in [2.05, 4.69) is 149 Å². The zero-order valence-corrected chi connectivity index (χ0v) is 41.8. The molecule has 0 aliphatic rings. The van der Waals surface area contributed by atoms with Crippen molar-refractivity contribution in [1.29, 1.82) is 0 Å². The van der Waals surface area contributed by atoms with Crippen molar-refractivity contribution in [3.63, 3.8) is 0 Å². The van der Waals surface area contributed by atoms with Crippen molar-refractivity contribution in [2.75, 3.05) is 0 Å². The van der Waals surface area contributed by atoms with Crippen molar-refractivity contribution in [3.05, 3.63) is 188 Å². The number of halogens is 2.